The zero-order chi connectivity index (χ0) is 18.4. The van der Waals surface area contributed by atoms with Crippen molar-refractivity contribution >= 4 is 33.4 Å². The molecule has 0 bridgehead atoms. The monoisotopic (exact) mass is 400 g/mol. The van der Waals surface area contributed by atoms with Gasteiger partial charge >= 0.3 is 0 Å². The highest BCUT2D eigenvalue weighted by Gasteiger charge is 2.23. The van der Waals surface area contributed by atoms with Crippen LogP contribution < -0.4 is 4.72 Å². The van der Waals surface area contributed by atoms with Crippen LogP contribution >= 0.6 is 23.4 Å². The van der Waals surface area contributed by atoms with Gasteiger partial charge in [0, 0.05) is 17.3 Å². The normalized spacial score (nSPS) is 12.9. The number of sulfonamides is 1. The van der Waals surface area contributed by atoms with Crippen LogP contribution in [0, 0.1) is 0 Å². The van der Waals surface area contributed by atoms with Crippen LogP contribution in [0.5, 0.6) is 0 Å². The Labute approximate surface area is 157 Å². The SMILES string of the molecule is C=CCCSc1nnc([C@@H](C)NS(=O)(=O)c2ccc(Cl)cc2)n1CC. The van der Waals surface area contributed by atoms with E-state index in [4.69, 9.17) is 11.6 Å². The summed E-state index contributed by atoms with van der Waals surface area (Å²) in [6.07, 6.45) is 2.72. The van der Waals surface area contributed by atoms with Crippen molar-refractivity contribution in [1.29, 1.82) is 0 Å². The molecule has 1 atom stereocenters. The van der Waals surface area contributed by atoms with Crippen molar-refractivity contribution in [3.63, 3.8) is 0 Å². The number of rotatable bonds is 9. The third kappa shape index (κ3) is 5.07. The minimum atomic E-state index is -3.67. The van der Waals surface area contributed by atoms with Gasteiger partial charge < -0.3 is 4.57 Å². The fraction of sp³-hybridized carbons (Fsp3) is 0.375. The zero-order valence-electron chi connectivity index (χ0n) is 14.1. The van der Waals surface area contributed by atoms with Crippen molar-refractivity contribution in [2.24, 2.45) is 0 Å². The fourth-order valence-electron chi connectivity index (χ4n) is 2.23. The molecule has 1 N–H and O–H groups in total. The number of nitrogens with zero attached hydrogens (tertiary/aromatic N) is 3. The summed E-state index contributed by atoms with van der Waals surface area (Å²) >= 11 is 7.39. The summed E-state index contributed by atoms with van der Waals surface area (Å²) in [7, 11) is -3.67. The number of benzene rings is 1. The smallest absolute Gasteiger partial charge is 0.241 e. The molecule has 0 unspecified atom stereocenters. The molecule has 6 nitrogen and oxygen atoms in total. The van der Waals surface area contributed by atoms with E-state index < -0.39 is 16.1 Å². The van der Waals surface area contributed by atoms with Crippen LogP contribution in [-0.4, -0.2) is 28.9 Å². The van der Waals surface area contributed by atoms with Crippen LogP contribution in [0.1, 0.15) is 32.1 Å². The quantitative estimate of drug-likeness (QED) is 0.395. The van der Waals surface area contributed by atoms with Gasteiger partial charge in [0.05, 0.1) is 10.9 Å². The molecule has 0 saturated carbocycles. The maximum absolute atomic E-state index is 12.5. The van der Waals surface area contributed by atoms with E-state index in [-0.39, 0.29) is 4.90 Å². The first kappa shape index (κ1) is 20.0. The third-order valence-electron chi connectivity index (χ3n) is 3.46. The molecule has 1 aromatic heterocycles. The standard InChI is InChI=1S/C16H21ClN4O2S2/c1-4-6-11-24-16-19-18-15(21(16)5-2)12(3)20-25(22,23)14-9-7-13(17)8-10-14/h4,7-10,12,20H,1,5-6,11H2,2-3H3/t12-/m1/s1. The number of aromatic nitrogens is 3. The van der Waals surface area contributed by atoms with E-state index in [9.17, 15) is 8.42 Å². The Morgan fingerprint density at radius 2 is 2.04 bits per heavy atom. The van der Waals surface area contributed by atoms with Crippen molar-refractivity contribution in [1.82, 2.24) is 19.5 Å². The van der Waals surface area contributed by atoms with Crippen LogP contribution in [0.3, 0.4) is 0 Å². The lowest BCUT2D eigenvalue weighted by Crippen LogP contribution is -2.29. The predicted molar refractivity (Wildman–Crippen MR) is 101 cm³/mol. The van der Waals surface area contributed by atoms with Gasteiger partial charge in [-0.05, 0) is 44.5 Å². The Morgan fingerprint density at radius 1 is 1.36 bits per heavy atom. The van der Waals surface area contributed by atoms with Gasteiger partial charge in [-0.1, -0.05) is 29.4 Å². The molecule has 136 valence electrons. The van der Waals surface area contributed by atoms with Crippen LogP contribution in [0.15, 0.2) is 47.0 Å². The van der Waals surface area contributed by atoms with Gasteiger partial charge in [-0.25, -0.2) is 13.1 Å². The maximum Gasteiger partial charge on any atom is 0.241 e. The first-order valence-corrected chi connectivity index (χ1v) is 10.7. The topological polar surface area (TPSA) is 76.9 Å². The molecule has 0 spiro atoms. The molecule has 2 rings (SSSR count). The number of thioether (sulfide) groups is 1. The molecule has 0 aliphatic heterocycles. The molecule has 1 aromatic carbocycles. The van der Waals surface area contributed by atoms with E-state index in [1.165, 1.54) is 12.1 Å². The van der Waals surface area contributed by atoms with E-state index in [0.717, 1.165) is 17.3 Å². The molecule has 0 saturated heterocycles. The molecular formula is C16H21ClN4O2S2. The summed E-state index contributed by atoms with van der Waals surface area (Å²) in [6.45, 7) is 8.09. The molecule has 0 fully saturated rings. The van der Waals surface area contributed by atoms with Crippen LogP contribution in [0.25, 0.3) is 0 Å². The average molecular weight is 401 g/mol. The van der Waals surface area contributed by atoms with Gasteiger partial charge in [-0.2, -0.15) is 0 Å². The fourth-order valence-corrected chi connectivity index (χ4v) is 4.50. The second-order valence-electron chi connectivity index (χ2n) is 5.31. The van der Waals surface area contributed by atoms with Gasteiger partial charge in [-0.3, -0.25) is 0 Å². The van der Waals surface area contributed by atoms with Crippen LogP contribution in [-0.2, 0) is 16.6 Å². The highest BCUT2D eigenvalue weighted by atomic mass is 35.5. The van der Waals surface area contributed by atoms with Crippen LogP contribution in [0.2, 0.25) is 5.02 Å². The molecule has 2 aromatic rings. The van der Waals surface area contributed by atoms with E-state index in [1.807, 2.05) is 17.6 Å². The molecule has 0 radical (unpaired) electrons. The van der Waals surface area contributed by atoms with Crippen molar-refractivity contribution in [2.45, 2.75) is 42.9 Å². The van der Waals surface area contributed by atoms with Crippen LogP contribution in [0.4, 0.5) is 0 Å². The average Bonchev–Trinajstić information content (AvgIpc) is 2.98. The molecular weight excluding hydrogens is 380 g/mol. The minimum Gasteiger partial charge on any atom is -0.305 e. The lowest BCUT2D eigenvalue weighted by Gasteiger charge is -2.15. The van der Waals surface area contributed by atoms with Gasteiger partial charge in [0.2, 0.25) is 10.0 Å². The minimum absolute atomic E-state index is 0.159. The summed E-state index contributed by atoms with van der Waals surface area (Å²) in [6, 6.07) is 5.52. The van der Waals surface area contributed by atoms with Gasteiger partial charge in [0.1, 0.15) is 0 Å². The molecule has 0 amide bonds. The van der Waals surface area contributed by atoms with Crippen molar-refractivity contribution in [2.75, 3.05) is 5.75 Å². The number of allylic oxidation sites excluding steroid dienone is 1. The second kappa shape index (κ2) is 8.84. The van der Waals surface area contributed by atoms with Crippen molar-refractivity contribution in [3.8, 4) is 0 Å². The molecule has 25 heavy (non-hydrogen) atoms. The van der Waals surface area contributed by atoms with E-state index in [1.54, 1.807) is 30.8 Å². The van der Waals surface area contributed by atoms with E-state index in [2.05, 4.69) is 21.5 Å². The highest BCUT2D eigenvalue weighted by molar-refractivity contribution is 7.99. The Balaban J connectivity index is 2.18. The maximum atomic E-state index is 12.5. The summed E-state index contributed by atoms with van der Waals surface area (Å²) < 4.78 is 29.6. The van der Waals surface area contributed by atoms with E-state index in [0.29, 0.717) is 17.4 Å². The lowest BCUT2D eigenvalue weighted by molar-refractivity contribution is 0.539. The highest BCUT2D eigenvalue weighted by Crippen LogP contribution is 2.23. The molecule has 9 heteroatoms. The predicted octanol–water partition coefficient (Wildman–Crippen LogP) is 3.66. The number of nitrogens with one attached hydrogen (secondary N) is 1. The lowest BCUT2D eigenvalue weighted by atomic mass is 10.3. The van der Waals surface area contributed by atoms with Gasteiger partial charge in [0.15, 0.2) is 11.0 Å². The van der Waals surface area contributed by atoms with Gasteiger partial charge in [0.25, 0.3) is 0 Å². The molecule has 0 aliphatic rings. The molecule has 1 heterocycles. The third-order valence-corrected chi connectivity index (χ3v) is 6.27. The Bertz CT molecular complexity index is 819. The summed E-state index contributed by atoms with van der Waals surface area (Å²) in [5.41, 5.74) is 0. The Hall–Kier alpha value is -1.35. The number of hydrogen-bond donors (Lipinski definition) is 1. The second-order valence-corrected chi connectivity index (χ2v) is 8.52. The van der Waals surface area contributed by atoms with E-state index >= 15 is 0 Å². The largest absolute Gasteiger partial charge is 0.305 e. The summed E-state index contributed by atoms with van der Waals surface area (Å²) in [5.74, 6) is 1.44. The Kier molecular flexibility index (Phi) is 7.06. The zero-order valence-corrected chi connectivity index (χ0v) is 16.5. The molecule has 0 aliphatic carbocycles. The van der Waals surface area contributed by atoms with Gasteiger partial charge in [-0.15, -0.1) is 16.8 Å². The summed E-state index contributed by atoms with van der Waals surface area (Å²) in [4.78, 5) is 0.159. The first-order valence-electron chi connectivity index (χ1n) is 7.83. The summed E-state index contributed by atoms with van der Waals surface area (Å²) in [5, 5.41) is 9.62. The number of hydrogen-bond acceptors (Lipinski definition) is 5. The number of halogens is 1. The Morgan fingerprint density at radius 3 is 2.64 bits per heavy atom. The van der Waals surface area contributed by atoms with Crippen molar-refractivity contribution in [3.05, 3.63) is 47.8 Å². The first-order chi connectivity index (χ1) is 11.9. The van der Waals surface area contributed by atoms with Crippen molar-refractivity contribution < 1.29 is 8.42 Å².